The highest BCUT2D eigenvalue weighted by Crippen LogP contribution is 2.02. The van der Waals surface area contributed by atoms with E-state index in [1.807, 2.05) is 0 Å². The summed E-state index contributed by atoms with van der Waals surface area (Å²) in [5.41, 5.74) is 10.2. The molecule has 2 amide bonds. The lowest BCUT2D eigenvalue weighted by Gasteiger charge is -2.12. The van der Waals surface area contributed by atoms with Crippen LogP contribution in [0.3, 0.4) is 0 Å². The first-order chi connectivity index (χ1) is 6.93. The average Bonchev–Trinajstić information content (AvgIpc) is 2.16. The van der Waals surface area contributed by atoms with E-state index in [0.29, 0.717) is 0 Å². The number of hydrogen-bond donors (Lipinski definition) is 3. The maximum atomic E-state index is 11.4. The van der Waals surface area contributed by atoms with Gasteiger partial charge in [-0.15, -0.1) is 0 Å². The van der Waals surface area contributed by atoms with E-state index < -0.39 is 29.9 Å². The highest BCUT2D eigenvalue weighted by atomic mass is 16.2. The second-order valence-corrected chi connectivity index (χ2v) is 2.81. The molecule has 1 unspecified atom stereocenters. The molecule has 0 spiro atoms. The van der Waals surface area contributed by atoms with E-state index >= 15 is 0 Å². The molecule has 0 saturated carbocycles. The molecule has 7 heteroatoms. The lowest BCUT2D eigenvalue weighted by Crippen LogP contribution is -2.43. The standard InChI is InChI=1S/C8H14N4O3/c1-11-7(10)6(8(15)12-2)4(13)3-5(9)14/h6H,3H2,1-2H3,(H2,9,14)(H2,10,11)(H,12,15). The third-order valence-electron chi connectivity index (χ3n) is 1.73. The average molecular weight is 214 g/mol. The molecular weight excluding hydrogens is 200 g/mol. The van der Waals surface area contributed by atoms with Gasteiger partial charge in [-0.05, 0) is 0 Å². The van der Waals surface area contributed by atoms with E-state index in [9.17, 15) is 14.4 Å². The minimum absolute atomic E-state index is 0.138. The molecule has 0 rings (SSSR count). The van der Waals surface area contributed by atoms with Gasteiger partial charge in [0.2, 0.25) is 11.8 Å². The largest absolute Gasteiger partial charge is 0.386 e. The number of nitrogens with zero attached hydrogens (tertiary/aromatic N) is 1. The molecule has 84 valence electrons. The van der Waals surface area contributed by atoms with Gasteiger partial charge in [0.25, 0.3) is 0 Å². The van der Waals surface area contributed by atoms with E-state index in [1.165, 1.54) is 14.1 Å². The number of carbonyl (C=O) groups is 3. The minimum atomic E-state index is -1.24. The summed E-state index contributed by atoms with van der Waals surface area (Å²) in [5.74, 6) is -3.46. The van der Waals surface area contributed by atoms with E-state index in [2.05, 4.69) is 10.3 Å². The van der Waals surface area contributed by atoms with Gasteiger partial charge >= 0.3 is 0 Å². The predicted molar refractivity (Wildman–Crippen MR) is 53.9 cm³/mol. The summed E-state index contributed by atoms with van der Waals surface area (Å²) < 4.78 is 0. The lowest BCUT2D eigenvalue weighted by atomic mass is 9.99. The monoisotopic (exact) mass is 214 g/mol. The van der Waals surface area contributed by atoms with Gasteiger partial charge < -0.3 is 16.8 Å². The Bertz CT molecular complexity index is 311. The second-order valence-electron chi connectivity index (χ2n) is 2.81. The van der Waals surface area contributed by atoms with Gasteiger partial charge in [0.15, 0.2) is 11.7 Å². The number of amidine groups is 1. The Morgan fingerprint density at radius 3 is 2.20 bits per heavy atom. The third-order valence-corrected chi connectivity index (χ3v) is 1.73. The van der Waals surface area contributed by atoms with Gasteiger partial charge in [0, 0.05) is 14.1 Å². The molecular formula is C8H14N4O3. The van der Waals surface area contributed by atoms with Crippen molar-refractivity contribution in [3.8, 4) is 0 Å². The van der Waals surface area contributed by atoms with Gasteiger partial charge in [0.05, 0.1) is 6.42 Å². The maximum Gasteiger partial charge on any atom is 0.238 e. The molecule has 0 aromatic heterocycles. The molecule has 0 saturated heterocycles. The number of nitrogens with one attached hydrogen (secondary N) is 1. The van der Waals surface area contributed by atoms with Crippen molar-refractivity contribution >= 4 is 23.4 Å². The Labute approximate surface area is 86.9 Å². The van der Waals surface area contributed by atoms with Crippen LogP contribution in [-0.4, -0.2) is 37.5 Å². The van der Waals surface area contributed by atoms with E-state index in [1.54, 1.807) is 0 Å². The number of aliphatic imine (C=N–C) groups is 1. The van der Waals surface area contributed by atoms with Crippen LogP contribution in [0.1, 0.15) is 6.42 Å². The maximum absolute atomic E-state index is 11.4. The quantitative estimate of drug-likeness (QED) is 0.272. The normalized spacial score (nSPS) is 13.1. The molecule has 0 aliphatic heterocycles. The highest BCUT2D eigenvalue weighted by molar-refractivity contribution is 6.22. The van der Waals surface area contributed by atoms with E-state index in [-0.39, 0.29) is 5.84 Å². The fourth-order valence-corrected chi connectivity index (χ4v) is 0.993. The van der Waals surface area contributed by atoms with Crippen LogP contribution in [0.4, 0.5) is 0 Å². The number of rotatable bonds is 5. The number of ketones is 1. The van der Waals surface area contributed by atoms with Crippen LogP contribution in [0.15, 0.2) is 4.99 Å². The Hall–Kier alpha value is -1.92. The van der Waals surface area contributed by atoms with Crippen LogP contribution in [0, 0.1) is 5.92 Å². The minimum Gasteiger partial charge on any atom is -0.386 e. The Balaban J connectivity index is 4.87. The van der Waals surface area contributed by atoms with E-state index in [4.69, 9.17) is 11.5 Å². The first-order valence-electron chi connectivity index (χ1n) is 4.18. The summed E-state index contributed by atoms with van der Waals surface area (Å²) in [4.78, 5) is 36.8. The van der Waals surface area contributed by atoms with Crippen molar-refractivity contribution in [3.05, 3.63) is 0 Å². The van der Waals surface area contributed by atoms with Crippen LogP contribution >= 0.6 is 0 Å². The topological polar surface area (TPSA) is 128 Å². The van der Waals surface area contributed by atoms with Gasteiger partial charge in [-0.3, -0.25) is 19.4 Å². The second kappa shape index (κ2) is 5.74. The Morgan fingerprint density at radius 1 is 1.33 bits per heavy atom. The summed E-state index contributed by atoms with van der Waals surface area (Å²) in [5, 5.41) is 2.26. The Kier molecular flexibility index (Phi) is 5.00. The van der Waals surface area contributed by atoms with Gasteiger partial charge in [-0.25, -0.2) is 0 Å². The molecule has 5 N–H and O–H groups in total. The van der Waals surface area contributed by atoms with Crippen LogP contribution in [0.25, 0.3) is 0 Å². The number of Topliss-reactive ketones (excluding diaryl/α,β-unsaturated/α-hetero) is 1. The molecule has 0 radical (unpaired) electrons. The van der Waals surface area contributed by atoms with Crippen molar-refractivity contribution in [2.24, 2.45) is 22.4 Å². The molecule has 0 heterocycles. The van der Waals surface area contributed by atoms with Crippen molar-refractivity contribution in [2.75, 3.05) is 14.1 Å². The molecule has 0 bridgehead atoms. The van der Waals surface area contributed by atoms with Crippen LogP contribution < -0.4 is 16.8 Å². The molecule has 0 aliphatic carbocycles. The molecule has 0 aliphatic rings. The molecule has 0 aromatic carbocycles. The van der Waals surface area contributed by atoms with Crippen molar-refractivity contribution in [1.82, 2.24) is 5.32 Å². The Morgan fingerprint density at radius 2 is 1.87 bits per heavy atom. The van der Waals surface area contributed by atoms with Gasteiger partial charge in [-0.1, -0.05) is 0 Å². The summed E-state index contributed by atoms with van der Waals surface area (Å²) in [6.45, 7) is 0. The van der Waals surface area contributed by atoms with Crippen molar-refractivity contribution in [2.45, 2.75) is 6.42 Å². The zero-order valence-electron chi connectivity index (χ0n) is 8.61. The third kappa shape index (κ3) is 3.75. The molecule has 0 aromatic rings. The number of nitrogens with two attached hydrogens (primary N) is 2. The number of primary amides is 1. The fourth-order valence-electron chi connectivity index (χ4n) is 0.993. The number of carbonyl (C=O) groups excluding carboxylic acids is 3. The number of hydrogen-bond acceptors (Lipinski definition) is 4. The molecule has 7 nitrogen and oxygen atoms in total. The summed E-state index contributed by atoms with van der Waals surface area (Å²) in [6.07, 6.45) is -0.533. The fraction of sp³-hybridized carbons (Fsp3) is 0.500. The smallest absolute Gasteiger partial charge is 0.238 e. The van der Waals surface area contributed by atoms with Crippen molar-refractivity contribution < 1.29 is 14.4 Å². The lowest BCUT2D eigenvalue weighted by molar-refractivity contribution is -0.132. The van der Waals surface area contributed by atoms with Crippen LogP contribution in [0.5, 0.6) is 0 Å². The SMILES string of the molecule is CN=C(N)C(C(=O)CC(N)=O)C(=O)NC. The molecule has 15 heavy (non-hydrogen) atoms. The van der Waals surface area contributed by atoms with E-state index in [0.717, 1.165) is 0 Å². The predicted octanol–water partition coefficient (Wildman–Crippen LogP) is -2.22. The zero-order chi connectivity index (χ0) is 12.0. The molecule has 1 atom stereocenters. The van der Waals surface area contributed by atoms with Crippen LogP contribution in [-0.2, 0) is 14.4 Å². The zero-order valence-corrected chi connectivity index (χ0v) is 8.61. The summed E-state index contributed by atoms with van der Waals surface area (Å²) in [7, 11) is 2.71. The van der Waals surface area contributed by atoms with Gasteiger partial charge in [0.1, 0.15) is 5.84 Å². The van der Waals surface area contributed by atoms with Crippen LogP contribution in [0.2, 0.25) is 0 Å². The highest BCUT2D eigenvalue weighted by Gasteiger charge is 2.29. The number of amides is 2. The van der Waals surface area contributed by atoms with Gasteiger partial charge in [-0.2, -0.15) is 0 Å². The molecule has 0 fully saturated rings. The summed E-state index contributed by atoms with van der Waals surface area (Å²) in [6, 6.07) is 0. The van der Waals surface area contributed by atoms with Crippen molar-refractivity contribution in [1.29, 1.82) is 0 Å². The first-order valence-corrected chi connectivity index (χ1v) is 4.18. The van der Waals surface area contributed by atoms with Crippen molar-refractivity contribution in [3.63, 3.8) is 0 Å². The summed E-state index contributed by atoms with van der Waals surface area (Å²) >= 11 is 0. The first kappa shape index (κ1) is 13.1.